The molecular weight excluding hydrogens is 250 g/mol. The van der Waals surface area contributed by atoms with E-state index in [9.17, 15) is 4.79 Å². The van der Waals surface area contributed by atoms with E-state index in [1.807, 2.05) is 36.4 Å². The minimum Gasteiger partial charge on any atom is -0.361 e. The van der Waals surface area contributed by atoms with Crippen molar-refractivity contribution in [3.8, 4) is 0 Å². The maximum absolute atomic E-state index is 11.9. The van der Waals surface area contributed by atoms with Crippen molar-refractivity contribution in [1.29, 1.82) is 0 Å². The standard InChI is InChI=1S/C16H13N3O/c20-16(12-4-2-1-3-5-12)8-9-17-14-7-6-13-11-18-19-15(13)10-14/h1-11,17H,(H,18,19)/b9-8-. The van der Waals surface area contributed by atoms with E-state index in [1.54, 1.807) is 24.5 Å². The van der Waals surface area contributed by atoms with Crippen molar-refractivity contribution in [2.45, 2.75) is 0 Å². The number of carbonyl (C=O) groups excluding carboxylic acids is 1. The molecule has 0 bridgehead atoms. The van der Waals surface area contributed by atoms with E-state index < -0.39 is 0 Å². The molecule has 0 saturated carbocycles. The van der Waals surface area contributed by atoms with Crippen LogP contribution in [-0.2, 0) is 0 Å². The first kappa shape index (κ1) is 12.2. The third-order valence-electron chi connectivity index (χ3n) is 2.98. The smallest absolute Gasteiger partial charge is 0.187 e. The van der Waals surface area contributed by atoms with Gasteiger partial charge in [-0.2, -0.15) is 5.10 Å². The average molecular weight is 263 g/mol. The van der Waals surface area contributed by atoms with Gasteiger partial charge < -0.3 is 5.32 Å². The molecule has 0 unspecified atom stereocenters. The average Bonchev–Trinajstić information content (AvgIpc) is 2.95. The first-order valence-electron chi connectivity index (χ1n) is 6.28. The molecule has 0 fully saturated rings. The summed E-state index contributed by atoms with van der Waals surface area (Å²) in [6.45, 7) is 0. The second kappa shape index (κ2) is 5.40. The van der Waals surface area contributed by atoms with Crippen molar-refractivity contribution < 1.29 is 4.79 Å². The number of rotatable bonds is 4. The molecule has 3 aromatic rings. The van der Waals surface area contributed by atoms with Crippen molar-refractivity contribution in [3.63, 3.8) is 0 Å². The Labute approximate surface area is 116 Å². The van der Waals surface area contributed by atoms with Gasteiger partial charge in [-0.05, 0) is 18.2 Å². The minimum absolute atomic E-state index is 0.0271. The van der Waals surface area contributed by atoms with Crippen LogP contribution in [0.5, 0.6) is 0 Å². The fourth-order valence-electron chi connectivity index (χ4n) is 1.94. The van der Waals surface area contributed by atoms with Crippen molar-refractivity contribution in [2.24, 2.45) is 0 Å². The molecule has 0 saturated heterocycles. The van der Waals surface area contributed by atoms with Gasteiger partial charge in [-0.1, -0.05) is 30.3 Å². The Morgan fingerprint density at radius 1 is 1.15 bits per heavy atom. The SMILES string of the molecule is O=C(/C=C\Nc1ccc2cn[nH]c2c1)c1ccccc1. The molecule has 98 valence electrons. The number of fused-ring (bicyclic) bond motifs is 1. The predicted octanol–water partition coefficient (Wildman–Crippen LogP) is 3.37. The van der Waals surface area contributed by atoms with Crippen LogP contribution < -0.4 is 5.32 Å². The van der Waals surface area contributed by atoms with Crippen LogP contribution in [0.2, 0.25) is 0 Å². The van der Waals surface area contributed by atoms with Gasteiger partial charge in [0.25, 0.3) is 0 Å². The number of H-pyrrole nitrogens is 1. The number of benzene rings is 2. The van der Waals surface area contributed by atoms with Crippen molar-refractivity contribution >= 4 is 22.4 Å². The molecule has 0 spiro atoms. The monoisotopic (exact) mass is 263 g/mol. The molecule has 2 aromatic carbocycles. The van der Waals surface area contributed by atoms with Crippen molar-refractivity contribution in [1.82, 2.24) is 10.2 Å². The maximum Gasteiger partial charge on any atom is 0.187 e. The Kier molecular flexibility index (Phi) is 3.29. The van der Waals surface area contributed by atoms with Crippen LogP contribution in [0.25, 0.3) is 10.9 Å². The summed E-state index contributed by atoms with van der Waals surface area (Å²) < 4.78 is 0. The molecule has 0 aliphatic carbocycles. The molecule has 1 heterocycles. The van der Waals surface area contributed by atoms with E-state index in [1.165, 1.54) is 6.08 Å². The molecule has 4 heteroatoms. The van der Waals surface area contributed by atoms with Crippen LogP contribution in [0.4, 0.5) is 5.69 Å². The predicted molar refractivity (Wildman–Crippen MR) is 79.6 cm³/mol. The van der Waals surface area contributed by atoms with Gasteiger partial charge in [-0.25, -0.2) is 0 Å². The molecule has 20 heavy (non-hydrogen) atoms. The molecule has 4 nitrogen and oxygen atoms in total. The molecule has 0 aliphatic heterocycles. The summed E-state index contributed by atoms with van der Waals surface area (Å²) in [5, 5.41) is 11.0. The zero-order chi connectivity index (χ0) is 13.8. The summed E-state index contributed by atoms with van der Waals surface area (Å²) >= 11 is 0. The van der Waals surface area contributed by atoms with Crippen LogP contribution in [0.15, 0.2) is 67.0 Å². The number of nitrogens with one attached hydrogen (secondary N) is 2. The van der Waals surface area contributed by atoms with Crippen LogP contribution in [0, 0.1) is 0 Å². The Morgan fingerprint density at radius 3 is 2.85 bits per heavy atom. The lowest BCUT2D eigenvalue weighted by molar-refractivity contribution is 0.104. The van der Waals surface area contributed by atoms with Gasteiger partial charge in [0.2, 0.25) is 0 Å². The second-order valence-electron chi connectivity index (χ2n) is 4.38. The molecular formula is C16H13N3O. The lowest BCUT2D eigenvalue weighted by Crippen LogP contribution is -1.95. The summed E-state index contributed by atoms with van der Waals surface area (Å²) in [5.74, 6) is -0.0271. The maximum atomic E-state index is 11.9. The number of anilines is 1. The lowest BCUT2D eigenvalue weighted by atomic mass is 10.1. The largest absolute Gasteiger partial charge is 0.361 e. The van der Waals surface area contributed by atoms with Crippen LogP contribution in [-0.4, -0.2) is 16.0 Å². The van der Waals surface area contributed by atoms with E-state index >= 15 is 0 Å². The van der Waals surface area contributed by atoms with Gasteiger partial charge in [0.15, 0.2) is 5.78 Å². The number of aromatic amines is 1. The zero-order valence-electron chi connectivity index (χ0n) is 10.7. The molecule has 0 atom stereocenters. The Bertz CT molecular complexity index is 760. The fourth-order valence-corrected chi connectivity index (χ4v) is 1.94. The number of carbonyl (C=O) groups is 1. The highest BCUT2D eigenvalue weighted by molar-refractivity contribution is 6.04. The first-order chi connectivity index (χ1) is 9.83. The number of aromatic nitrogens is 2. The van der Waals surface area contributed by atoms with E-state index in [2.05, 4.69) is 15.5 Å². The normalized spacial score (nSPS) is 11.0. The third kappa shape index (κ3) is 2.59. The van der Waals surface area contributed by atoms with Gasteiger partial charge in [0.1, 0.15) is 0 Å². The van der Waals surface area contributed by atoms with Gasteiger partial charge in [-0.15, -0.1) is 0 Å². The van der Waals surface area contributed by atoms with Crippen LogP contribution in [0.1, 0.15) is 10.4 Å². The van der Waals surface area contributed by atoms with E-state index in [-0.39, 0.29) is 5.78 Å². The van der Waals surface area contributed by atoms with E-state index in [4.69, 9.17) is 0 Å². The lowest BCUT2D eigenvalue weighted by Gasteiger charge is -2.00. The van der Waals surface area contributed by atoms with Gasteiger partial charge in [-0.3, -0.25) is 9.89 Å². The second-order valence-corrected chi connectivity index (χ2v) is 4.38. The first-order valence-corrected chi connectivity index (χ1v) is 6.28. The van der Waals surface area contributed by atoms with Crippen molar-refractivity contribution in [3.05, 3.63) is 72.6 Å². The summed E-state index contributed by atoms with van der Waals surface area (Å²) in [4.78, 5) is 11.9. The summed E-state index contributed by atoms with van der Waals surface area (Å²) in [7, 11) is 0. The summed E-state index contributed by atoms with van der Waals surface area (Å²) in [6, 6.07) is 15.0. The molecule has 0 amide bonds. The minimum atomic E-state index is -0.0271. The van der Waals surface area contributed by atoms with Crippen molar-refractivity contribution in [2.75, 3.05) is 5.32 Å². The highest BCUT2D eigenvalue weighted by Crippen LogP contribution is 2.16. The molecule has 2 N–H and O–H groups in total. The number of hydrogen-bond donors (Lipinski definition) is 2. The highest BCUT2D eigenvalue weighted by atomic mass is 16.1. The fraction of sp³-hybridized carbons (Fsp3) is 0. The molecule has 3 rings (SSSR count). The Balaban J connectivity index is 1.69. The molecule has 0 radical (unpaired) electrons. The Hall–Kier alpha value is -2.88. The number of nitrogens with zero attached hydrogens (tertiary/aromatic N) is 1. The Morgan fingerprint density at radius 2 is 2.00 bits per heavy atom. The third-order valence-corrected chi connectivity index (χ3v) is 2.98. The summed E-state index contributed by atoms with van der Waals surface area (Å²) in [6.07, 6.45) is 4.94. The number of allylic oxidation sites excluding steroid dienone is 1. The highest BCUT2D eigenvalue weighted by Gasteiger charge is 1.99. The zero-order valence-corrected chi connectivity index (χ0v) is 10.7. The van der Waals surface area contributed by atoms with E-state index in [0.717, 1.165) is 16.6 Å². The van der Waals surface area contributed by atoms with E-state index in [0.29, 0.717) is 5.56 Å². The number of hydrogen-bond acceptors (Lipinski definition) is 3. The number of ketones is 1. The van der Waals surface area contributed by atoms with Gasteiger partial charge in [0.05, 0.1) is 11.7 Å². The molecule has 1 aromatic heterocycles. The summed E-state index contributed by atoms with van der Waals surface area (Å²) in [5.41, 5.74) is 2.53. The van der Waals surface area contributed by atoms with Crippen LogP contribution in [0.3, 0.4) is 0 Å². The molecule has 0 aliphatic rings. The quantitative estimate of drug-likeness (QED) is 0.560. The van der Waals surface area contributed by atoms with Gasteiger partial charge in [0, 0.05) is 28.9 Å². The topological polar surface area (TPSA) is 57.8 Å². The van der Waals surface area contributed by atoms with Crippen LogP contribution >= 0.6 is 0 Å². The van der Waals surface area contributed by atoms with Gasteiger partial charge >= 0.3 is 0 Å².